The minimum absolute atomic E-state index is 0.00331. The molecule has 0 amide bonds. The van der Waals surface area contributed by atoms with Crippen molar-refractivity contribution >= 4 is 17.0 Å². The number of nitrogens with one attached hydrogen (secondary N) is 1. The molecule has 1 aliphatic rings. The Labute approximate surface area is 142 Å². The number of aromatic nitrogens is 3. The maximum atomic E-state index is 12.3. The number of aryl methyl sites for hydroxylation is 1. The van der Waals surface area contributed by atoms with Gasteiger partial charge in [0.2, 0.25) is 5.95 Å². The number of anilines is 1. The molecule has 130 valence electrons. The van der Waals surface area contributed by atoms with E-state index in [9.17, 15) is 4.79 Å². The van der Waals surface area contributed by atoms with Crippen molar-refractivity contribution in [1.29, 1.82) is 0 Å². The average Bonchev–Trinajstić information content (AvgIpc) is 2.57. The van der Waals surface area contributed by atoms with Crippen LogP contribution in [-0.4, -0.2) is 46.1 Å². The van der Waals surface area contributed by atoms with Crippen molar-refractivity contribution < 1.29 is 0 Å². The Kier molecular flexibility index (Phi) is 5.45. The molecule has 0 atom stereocenters. The van der Waals surface area contributed by atoms with E-state index in [-0.39, 0.29) is 5.56 Å². The number of nitrogens with zero attached hydrogens (tertiary/aromatic N) is 4. The molecule has 0 spiro atoms. The Hall–Kier alpha value is -1.95. The highest BCUT2D eigenvalue weighted by atomic mass is 16.1. The van der Waals surface area contributed by atoms with Crippen LogP contribution in [0.3, 0.4) is 0 Å². The molecule has 1 aliphatic carbocycles. The summed E-state index contributed by atoms with van der Waals surface area (Å²) in [5.74, 6) is 0.640. The van der Waals surface area contributed by atoms with E-state index >= 15 is 0 Å². The third-order valence-electron chi connectivity index (χ3n) is 4.65. The van der Waals surface area contributed by atoms with Gasteiger partial charge in [0.25, 0.3) is 5.56 Å². The molecule has 2 aromatic rings. The fraction of sp³-hybridized carbons (Fsp3) is 0.611. The Bertz CT molecular complexity index is 734. The van der Waals surface area contributed by atoms with E-state index in [1.165, 1.54) is 32.1 Å². The molecule has 24 heavy (non-hydrogen) atoms. The molecule has 2 heterocycles. The molecule has 0 radical (unpaired) electrons. The van der Waals surface area contributed by atoms with Gasteiger partial charge in [0, 0.05) is 30.2 Å². The quantitative estimate of drug-likeness (QED) is 0.882. The molecule has 3 rings (SSSR count). The van der Waals surface area contributed by atoms with Crippen LogP contribution < -0.4 is 10.9 Å². The first-order valence-corrected chi connectivity index (χ1v) is 8.91. The summed E-state index contributed by atoms with van der Waals surface area (Å²) in [5, 5.41) is 4.36. The molecule has 0 saturated heterocycles. The number of fused-ring (bicyclic) bond motifs is 1. The first-order valence-electron chi connectivity index (χ1n) is 8.91. The summed E-state index contributed by atoms with van der Waals surface area (Å²) in [6, 6.07) is 3.87. The molecule has 2 aromatic heterocycles. The van der Waals surface area contributed by atoms with Crippen molar-refractivity contribution in [3.63, 3.8) is 0 Å². The predicted molar refractivity (Wildman–Crippen MR) is 97.5 cm³/mol. The van der Waals surface area contributed by atoms with E-state index in [1.54, 1.807) is 10.6 Å². The Balaban J connectivity index is 1.84. The molecule has 6 nitrogen and oxygen atoms in total. The molecule has 1 fully saturated rings. The first kappa shape index (κ1) is 16.9. The van der Waals surface area contributed by atoms with Gasteiger partial charge in [-0.2, -0.15) is 4.98 Å². The topological polar surface area (TPSA) is 63.1 Å². The zero-order valence-corrected chi connectivity index (χ0v) is 14.7. The third-order valence-corrected chi connectivity index (χ3v) is 4.65. The van der Waals surface area contributed by atoms with E-state index in [0.717, 1.165) is 24.0 Å². The molecule has 1 N–H and O–H groups in total. The summed E-state index contributed by atoms with van der Waals surface area (Å²) < 4.78 is 1.77. The van der Waals surface area contributed by atoms with Gasteiger partial charge in [-0.3, -0.25) is 9.36 Å². The molecule has 0 aliphatic heterocycles. The van der Waals surface area contributed by atoms with Crippen molar-refractivity contribution in [1.82, 2.24) is 19.4 Å². The summed E-state index contributed by atoms with van der Waals surface area (Å²) in [4.78, 5) is 23.5. The smallest absolute Gasteiger partial charge is 0.252 e. The largest absolute Gasteiger partial charge is 0.351 e. The van der Waals surface area contributed by atoms with Crippen molar-refractivity contribution in [3.8, 4) is 0 Å². The summed E-state index contributed by atoms with van der Waals surface area (Å²) in [6.07, 6.45) is 8.93. The summed E-state index contributed by atoms with van der Waals surface area (Å²) in [6.45, 7) is 1.62. The van der Waals surface area contributed by atoms with Crippen molar-refractivity contribution in [2.75, 3.05) is 26.0 Å². The highest BCUT2D eigenvalue weighted by Gasteiger charge is 2.15. The van der Waals surface area contributed by atoms with E-state index in [2.05, 4.69) is 20.2 Å². The van der Waals surface area contributed by atoms with Gasteiger partial charge in [-0.1, -0.05) is 19.3 Å². The van der Waals surface area contributed by atoms with Crippen LogP contribution in [0.5, 0.6) is 0 Å². The van der Waals surface area contributed by atoms with Gasteiger partial charge in [0.15, 0.2) is 0 Å². The van der Waals surface area contributed by atoms with Crippen LogP contribution in [0.4, 0.5) is 5.95 Å². The lowest BCUT2D eigenvalue weighted by molar-refractivity contribution is 0.386. The lowest BCUT2D eigenvalue weighted by Crippen LogP contribution is -2.25. The van der Waals surface area contributed by atoms with Gasteiger partial charge in [0.05, 0.1) is 0 Å². The SMILES string of the molecule is CN(C)CCCn1c(=O)ccc2cnc(NC3CCCCC3)nc21. The van der Waals surface area contributed by atoms with Crippen molar-refractivity contribution in [3.05, 3.63) is 28.7 Å². The number of hydrogen-bond acceptors (Lipinski definition) is 5. The number of rotatable bonds is 6. The summed E-state index contributed by atoms with van der Waals surface area (Å²) >= 11 is 0. The van der Waals surface area contributed by atoms with E-state index in [0.29, 0.717) is 18.5 Å². The van der Waals surface area contributed by atoms with Crippen molar-refractivity contribution in [2.45, 2.75) is 51.1 Å². The van der Waals surface area contributed by atoms with Crippen LogP contribution in [-0.2, 0) is 6.54 Å². The molecular formula is C18H27N5O. The second kappa shape index (κ2) is 7.75. The van der Waals surface area contributed by atoms with Gasteiger partial charge >= 0.3 is 0 Å². The van der Waals surface area contributed by atoms with Gasteiger partial charge in [-0.05, 0) is 46.0 Å². The molecule has 6 heteroatoms. The minimum Gasteiger partial charge on any atom is -0.351 e. The van der Waals surface area contributed by atoms with Crippen LogP contribution in [0, 0.1) is 0 Å². The molecule has 0 unspecified atom stereocenters. The second-order valence-electron chi connectivity index (χ2n) is 6.93. The minimum atomic E-state index is 0.00331. The van der Waals surface area contributed by atoms with Crippen LogP contribution in [0.2, 0.25) is 0 Å². The van der Waals surface area contributed by atoms with Crippen LogP contribution in [0.1, 0.15) is 38.5 Å². The van der Waals surface area contributed by atoms with E-state index in [1.807, 2.05) is 26.4 Å². The molecular weight excluding hydrogens is 302 g/mol. The zero-order chi connectivity index (χ0) is 16.9. The molecule has 0 aromatic carbocycles. The number of pyridine rings is 1. The second-order valence-corrected chi connectivity index (χ2v) is 6.93. The van der Waals surface area contributed by atoms with Gasteiger partial charge in [0.1, 0.15) is 5.65 Å². The zero-order valence-electron chi connectivity index (χ0n) is 14.7. The van der Waals surface area contributed by atoms with E-state index in [4.69, 9.17) is 0 Å². The van der Waals surface area contributed by atoms with Gasteiger partial charge < -0.3 is 10.2 Å². The highest BCUT2D eigenvalue weighted by Crippen LogP contribution is 2.20. The lowest BCUT2D eigenvalue weighted by atomic mass is 9.96. The van der Waals surface area contributed by atoms with Crippen molar-refractivity contribution in [2.24, 2.45) is 0 Å². The standard InChI is InChI=1S/C18H27N5O/c1-22(2)11-6-12-23-16(24)10-9-14-13-19-18(21-17(14)23)20-15-7-4-3-5-8-15/h9-10,13,15H,3-8,11-12H2,1-2H3,(H,19,20,21). The lowest BCUT2D eigenvalue weighted by Gasteiger charge is -2.22. The Morgan fingerprint density at radius 1 is 1.25 bits per heavy atom. The van der Waals surface area contributed by atoms with E-state index < -0.39 is 0 Å². The van der Waals surface area contributed by atoms with Gasteiger partial charge in [-0.25, -0.2) is 4.98 Å². The first-order chi connectivity index (χ1) is 11.6. The Morgan fingerprint density at radius 3 is 2.79 bits per heavy atom. The average molecular weight is 329 g/mol. The fourth-order valence-electron chi connectivity index (χ4n) is 3.33. The molecule has 1 saturated carbocycles. The summed E-state index contributed by atoms with van der Waals surface area (Å²) in [5.41, 5.74) is 0.734. The Morgan fingerprint density at radius 2 is 2.04 bits per heavy atom. The maximum absolute atomic E-state index is 12.3. The summed E-state index contributed by atoms with van der Waals surface area (Å²) in [7, 11) is 4.08. The number of hydrogen-bond donors (Lipinski definition) is 1. The van der Waals surface area contributed by atoms with Crippen LogP contribution in [0.25, 0.3) is 11.0 Å². The van der Waals surface area contributed by atoms with Crippen LogP contribution >= 0.6 is 0 Å². The monoisotopic (exact) mass is 329 g/mol. The molecule has 0 bridgehead atoms. The highest BCUT2D eigenvalue weighted by molar-refractivity contribution is 5.75. The predicted octanol–water partition coefficient (Wildman–Crippen LogP) is 2.49. The van der Waals surface area contributed by atoms with Crippen LogP contribution in [0.15, 0.2) is 23.1 Å². The van der Waals surface area contributed by atoms with Gasteiger partial charge in [-0.15, -0.1) is 0 Å². The third kappa shape index (κ3) is 4.12. The maximum Gasteiger partial charge on any atom is 0.252 e. The normalized spacial score (nSPS) is 16.0. The fourth-order valence-corrected chi connectivity index (χ4v) is 3.33.